The molecule has 0 saturated carbocycles. The van der Waals surface area contributed by atoms with E-state index in [0.717, 1.165) is 105 Å². The molecule has 48 heavy (non-hydrogen) atoms. The third-order valence-corrected chi connectivity index (χ3v) is 9.40. The first-order valence-electron chi connectivity index (χ1n) is 18.0. The Hall–Kier alpha value is -3.65. The molecule has 0 spiro atoms. The molecule has 1 N–H and O–H groups in total. The number of rotatable bonds is 16. The van der Waals surface area contributed by atoms with Crippen molar-refractivity contribution in [3.63, 3.8) is 0 Å². The molecule has 2 aliphatic heterocycles. The highest BCUT2D eigenvalue weighted by atomic mass is 16.5. The van der Waals surface area contributed by atoms with Crippen LogP contribution in [0.5, 0.6) is 5.75 Å². The summed E-state index contributed by atoms with van der Waals surface area (Å²) in [5, 5.41) is 3.18. The van der Waals surface area contributed by atoms with Crippen LogP contribution in [0.4, 0.5) is 11.4 Å². The maximum absolute atomic E-state index is 13.7. The molecule has 1 amide bonds. The molecule has 3 aromatic rings. The highest BCUT2D eigenvalue weighted by Gasteiger charge is 2.21. The summed E-state index contributed by atoms with van der Waals surface area (Å²) >= 11 is 0. The van der Waals surface area contributed by atoms with Crippen LogP contribution in [0.25, 0.3) is 17.2 Å². The fourth-order valence-corrected chi connectivity index (χ4v) is 6.36. The zero-order valence-electron chi connectivity index (χ0n) is 29.5. The number of ether oxygens (including phenoxy) is 3. The number of benzene rings is 3. The molecule has 7 nitrogen and oxygen atoms in total. The largest absolute Gasteiger partial charge is 0.491 e. The van der Waals surface area contributed by atoms with Gasteiger partial charge in [0.05, 0.1) is 6.61 Å². The molecule has 2 aliphatic rings. The van der Waals surface area contributed by atoms with Crippen molar-refractivity contribution in [1.82, 2.24) is 4.90 Å². The van der Waals surface area contributed by atoms with Gasteiger partial charge in [-0.15, -0.1) is 0 Å². The Morgan fingerprint density at radius 1 is 0.979 bits per heavy atom. The maximum Gasteiger partial charge on any atom is 0.251 e. The maximum atomic E-state index is 13.7. The molecule has 0 bridgehead atoms. The van der Waals surface area contributed by atoms with Crippen LogP contribution in [-0.2, 0) is 20.8 Å². The number of carbonyl (C=O) groups is 1. The van der Waals surface area contributed by atoms with Crippen LogP contribution in [0, 0.1) is 5.92 Å². The Morgan fingerprint density at radius 2 is 1.73 bits per heavy atom. The van der Waals surface area contributed by atoms with Crippen LogP contribution in [0.15, 0.2) is 72.3 Å². The van der Waals surface area contributed by atoms with Gasteiger partial charge in [-0.05, 0) is 110 Å². The zero-order chi connectivity index (χ0) is 33.7. The monoisotopic (exact) mass is 653 g/mol. The van der Waals surface area contributed by atoms with Gasteiger partial charge >= 0.3 is 0 Å². The summed E-state index contributed by atoms with van der Waals surface area (Å²) in [7, 11) is 2.19. The summed E-state index contributed by atoms with van der Waals surface area (Å²) in [6, 6.07) is 23.7. The third-order valence-electron chi connectivity index (χ3n) is 9.40. The fraction of sp³-hybridized carbons (Fsp3) is 0.488. The van der Waals surface area contributed by atoms with Crippen molar-refractivity contribution in [3.05, 3.63) is 83.4 Å². The van der Waals surface area contributed by atoms with Gasteiger partial charge in [0.1, 0.15) is 12.4 Å². The standard InChI is InChI=1S/C41H55N3O4/c1-5-6-23-46-26-27-48-39-14-9-33(10-15-39)34-11-16-40-36(28-34)29-35(18-22-44(40)21-17-31(2)3)41(45)42-37-12-7-32(8-13-37)30-43(4)38-19-24-47-25-20-38/h7-16,28-29,31,38H,5-6,17-27,30H2,1-4H3,(H,42,45). The lowest BCUT2D eigenvalue weighted by molar-refractivity contribution is -0.112. The average molecular weight is 654 g/mol. The minimum Gasteiger partial charge on any atom is -0.491 e. The molecule has 0 aromatic heterocycles. The van der Waals surface area contributed by atoms with Crippen LogP contribution in [0.3, 0.4) is 0 Å². The van der Waals surface area contributed by atoms with Gasteiger partial charge in [-0.1, -0.05) is 57.5 Å². The van der Waals surface area contributed by atoms with Gasteiger partial charge in [0, 0.05) is 62.4 Å². The highest BCUT2D eigenvalue weighted by molar-refractivity contribution is 6.07. The van der Waals surface area contributed by atoms with E-state index in [0.29, 0.717) is 31.6 Å². The van der Waals surface area contributed by atoms with E-state index in [2.05, 4.69) is 91.5 Å². The molecule has 3 aromatic carbocycles. The number of nitrogens with one attached hydrogen (secondary N) is 1. The van der Waals surface area contributed by atoms with E-state index in [4.69, 9.17) is 14.2 Å². The lowest BCUT2D eigenvalue weighted by atomic mass is 10.00. The number of nitrogens with zero attached hydrogens (tertiary/aromatic N) is 2. The van der Waals surface area contributed by atoms with E-state index < -0.39 is 0 Å². The van der Waals surface area contributed by atoms with Crippen LogP contribution >= 0.6 is 0 Å². The third kappa shape index (κ3) is 10.4. The minimum absolute atomic E-state index is 0.0377. The van der Waals surface area contributed by atoms with E-state index in [1.54, 1.807) is 0 Å². The van der Waals surface area contributed by atoms with Crippen molar-refractivity contribution in [2.75, 3.05) is 63.4 Å². The van der Waals surface area contributed by atoms with Gasteiger partial charge < -0.3 is 24.4 Å². The summed E-state index contributed by atoms with van der Waals surface area (Å²) in [5.41, 5.74) is 7.36. The number of hydrogen-bond donors (Lipinski definition) is 1. The molecule has 0 aliphatic carbocycles. The van der Waals surface area contributed by atoms with E-state index in [9.17, 15) is 4.79 Å². The zero-order valence-corrected chi connectivity index (χ0v) is 29.5. The summed E-state index contributed by atoms with van der Waals surface area (Å²) in [5.74, 6) is 1.41. The van der Waals surface area contributed by atoms with Crippen molar-refractivity contribution in [3.8, 4) is 16.9 Å². The van der Waals surface area contributed by atoms with Crippen molar-refractivity contribution >= 4 is 23.4 Å². The minimum atomic E-state index is -0.0377. The normalized spacial score (nSPS) is 15.3. The molecule has 0 unspecified atom stereocenters. The number of anilines is 2. The Labute approximate surface area is 288 Å². The van der Waals surface area contributed by atoms with Crippen LogP contribution in [0.1, 0.15) is 70.4 Å². The molecule has 1 fully saturated rings. The predicted molar refractivity (Wildman–Crippen MR) is 198 cm³/mol. The lowest BCUT2D eigenvalue weighted by Crippen LogP contribution is -2.36. The molecule has 2 heterocycles. The van der Waals surface area contributed by atoms with E-state index >= 15 is 0 Å². The van der Waals surface area contributed by atoms with Crippen molar-refractivity contribution in [2.24, 2.45) is 5.92 Å². The number of carbonyl (C=O) groups excluding carboxylic acids is 1. The summed E-state index contributed by atoms with van der Waals surface area (Å²) in [6.07, 6.45) is 8.26. The Morgan fingerprint density at radius 3 is 2.46 bits per heavy atom. The topological polar surface area (TPSA) is 63.3 Å². The molecular weight excluding hydrogens is 598 g/mol. The number of amides is 1. The first-order chi connectivity index (χ1) is 23.4. The van der Waals surface area contributed by atoms with Gasteiger partial charge in [-0.2, -0.15) is 0 Å². The van der Waals surface area contributed by atoms with Crippen molar-refractivity contribution in [2.45, 2.75) is 71.9 Å². The Balaban J connectivity index is 1.27. The van der Waals surface area contributed by atoms with E-state index in [1.807, 2.05) is 24.3 Å². The first kappa shape index (κ1) is 35.7. The Kier molecular flexibility index (Phi) is 13.5. The molecule has 0 radical (unpaired) electrons. The fourth-order valence-electron chi connectivity index (χ4n) is 6.36. The second-order valence-electron chi connectivity index (χ2n) is 13.6. The molecule has 7 heteroatoms. The van der Waals surface area contributed by atoms with Crippen LogP contribution < -0.4 is 15.0 Å². The molecule has 1 saturated heterocycles. The number of hydrogen-bond acceptors (Lipinski definition) is 6. The smallest absolute Gasteiger partial charge is 0.251 e. The Bertz CT molecular complexity index is 1460. The lowest BCUT2D eigenvalue weighted by Gasteiger charge is -2.31. The molecule has 5 rings (SSSR count). The van der Waals surface area contributed by atoms with Crippen LogP contribution in [-0.4, -0.2) is 70.0 Å². The summed E-state index contributed by atoms with van der Waals surface area (Å²) < 4.78 is 17.0. The second kappa shape index (κ2) is 18.2. The molecule has 0 atom stereocenters. The van der Waals surface area contributed by atoms with E-state index in [-0.39, 0.29) is 5.91 Å². The molecular formula is C41H55N3O4. The SMILES string of the molecule is CCCCOCCOc1ccc(-c2ccc3c(c2)C=C(C(=O)Nc2ccc(CN(C)C4CCOCC4)cc2)CCN3CCC(C)C)cc1. The quantitative estimate of drug-likeness (QED) is 0.157. The summed E-state index contributed by atoms with van der Waals surface area (Å²) in [6.45, 7) is 13.0. The van der Waals surface area contributed by atoms with E-state index in [1.165, 1.54) is 11.3 Å². The first-order valence-corrected chi connectivity index (χ1v) is 18.0. The van der Waals surface area contributed by atoms with Gasteiger partial charge in [-0.3, -0.25) is 9.69 Å². The van der Waals surface area contributed by atoms with Gasteiger partial charge in [0.15, 0.2) is 0 Å². The van der Waals surface area contributed by atoms with Crippen LogP contribution in [0.2, 0.25) is 0 Å². The average Bonchev–Trinajstić information content (AvgIpc) is 3.29. The highest BCUT2D eigenvalue weighted by Crippen LogP contribution is 2.34. The number of fused-ring (bicyclic) bond motifs is 1. The van der Waals surface area contributed by atoms with Gasteiger partial charge in [0.2, 0.25) is 0 Å². The predicted octanol–water partition coefficient (Wildman–Crippen LogP) is 8.44. The van der Waals surface area contributed by atoms with Gasteiger partial charge in [-0.25, -0.2) is 0 Å². The summed E-state index contributed by atoms with van der Waals surface area (Å²) in [4.78, 5) is 18.5. The second-order valence-corrected chi connectivity index (χ2v) is 13.6. The number of unbranched alkanes of at least 4 members (excludes halogenated alkanes) is 1. The van der Waals surface area contributed by atoms with Crippen molar-refractivity contribution < 1.29 is 19.0 Å². The van der Waals surface area contributed by atoms with Gasteiger partial charge in [0.25, 0.3) is 5.91 Å². The molecule has 258 valence electrons. The van der Waals surface area contributed by atoms with Crippen molar-refractivity contribution in [1.29, 1.82) is 0 Å².